The molecule has 0 aromatic heterocycles. The minimum Gasteiger partial charge on any atom is -0.381 e. The maximum absolute atomic E-state index is 4.99. The van der Waals surface area contributed by atoms with Crippen LogP contribution in [0.25, 0.3) is 0 Å². The molecule has 0 atom stereocenters. The van der Waals surface area contributed by atoms with Gasteiger partial charge in [-0.25, -0.2) is 0 Å². The smallest absolute Gasteiger partial charge is 0.0534 e. The van der Waals surface area contributed by atoms with Crippen molar-refractivity contribution in [1.82, 2.24) is 5.01 Å². The minimum absolute atomic E-state index is 0.681. The van der Waals surface area contributed by atoms with Crippen LogP contribution in [0.1, 0.15) is 0 Å². The average Bonchev–Trinajstić information content (AvgIpc) is 1.78. The lowest BCUT2D eigenvalue weighted by Gasteiger charge is -2.28. The molecule has 0 bridgehead atoms. The lowest BCUT2D eigenvalue weighted by molar-refractivity contribution is -0.0433. The van der Waals surface area contributed by atoms with Gasteiger partial charge in [0, 0.05) is 26.2 Å². The molecule has 1 heterocycles. The Hall–Kier alpha value is -0.570. The molecule has 3 nitrogen and oxygen atoms in total. The van der Waals surface area contributed by atoms with Gasteiger partial charge in [0.25, 0.3) is 0 Å². The SMILES string of the molecule is C=NN(C)CC1COC1. The van der Waals surface area contributed by atoms with E-state index in [1.54, 1.807) is 0 Å². The summed E-state index contributed by atoms with van der Waals surface area (Å²) in [5.41, 5.74) is 0. The molecule has 0 aromatic carbocycles. The Bertz CT molecular complexity index is 101. The normalized spacial score (nSPS) is 18.8. The van der Waals surface area contributed by atoms with Crippen molar-refractivity contribution in [3.05, 3.63) is 0 Å². The van der Waals surface area contributed by atoms with E-state index in [4.69, 9.17) is 4.74 Å². The van der Waals surface area contributed by atoms with Crippen LogP contribution in [0.15, 0.2) is 5.10 Å². The average molecular weight is 128 g/mol. The van der Waals surface area contributed by atoms with Crippen molar-refractivity contribution in [3.8, 4) is 0 Å². The first-order chi connectivity index (χ1) is 4.33. The van der Waals surface area contributed by atoms with Gasteiger partial charge in [0.05, 0.1) is 13.2 Å². The number of rotatable bonds is 3. The fourth-order valence-electron chi connectivity index (χ4n) is 0.821. The van der Waals surface area contributed by atoms with Crippen LogP contribution in [-0.4, -0.2) is 38.5 Å². The Morgan fingerprint density at radius 3 is 2.78 bits per heavy atom. The van der Waals surface area contributed by atoms with Gasteiger partial charge < -0.3 is 9.75 Å². The van der Waals surface area contributed by atoms with Crippen LogP contribution in [0.4, 0.5) is 0 Å². The van der Waals surface area contributed by atoms with Gasteiger partial charge >= 0.3 is 0 Å². The molecule has 0 radical (unpaired) electrons. The summed E-state index contributed by atoms with van der Waals surface area (Å²) in [6.45, 7) is 6.16. The Labute approximate surface area is 55.3 Å². The number of nitrogens with zero attached hydrogens (tertiary/aromatic N) is 2. The van der Waals surface area contributed by atoms with E-state index in [9.17, 15) is 0 Å². The summed E-state index contributed by atoms with van der Waals surface area (Å²) in [6.07, 6.45) is 0. The standard InChI is InChI=1S/C6H12N2O/c1-7-8(2)3-6-4-9-5-6/h6H,1,3-5H2,2H3. The van der Waals surface area contributed by atoms with Gasteiger partial charge in [0.2, 0.25) is 0 Å². The fraction of sp³-hybridized carbons (Fsp3) is 0.833. The van der Waals surface area contributed by atoms with Crippen molar-refractivity contribution in [2.45, 2.75) is 0 Å². The molecule has 3 heteroatoms. The van der Waals surface area contributed by atoms with E-state index in [1.165, 1.54) is 0 Å². The number of hydrazone groups is 1. The molecule has 1 saturated heterocycles. The van der Waals surface area contributed by atoms with Crippen molar-refractivity contribution in [2.75, 3.05) is 26.8 Å². The molecular formula is C6H12N2O. The van der Waals surface area contributed by atoms with Crippen molar-refractivity contribution in [3.63, 3.8) is 0 Å². The highest BCUT2D eigenvalue weighted by Crippen LogP contribution is 2.10. The van der Waals surface area contributed by atoms with E-state index in [-0.39, 0.29) is 0 Å². The van der Waals surface area contributed by atoms with Gasteiger partial charge in [0.15, 0.2) is 0 Å². The third kappa shape index (κ3) is 1.68. The summed E-state index contributed by atoms with van der Waals surface area (Å²) in [6, 6.07) is 0. The lowest BCUT2D eigenvalue weighted by Crippen LogP contribution is -2.35. The first-order valence-electron chi connectivity index (χ1n) is 3.08. The van der Waals surface area contributed by atoms with E-state index < -0.39 is 0 Å². The molecule has 0 aliphatic carbocycles. The molecular weight excluding hydrogens is 116 g/mol. The second kappa shape index (κ2) is 2.82. The molecule has 52 valence electrons. The van der Waals surface area contributed by atoms with Crippen LogP contribution in [0.3, 0.4) is 0 Å². The summed E-state index contributed by atoms with van der Waals surface area (Å²) in [5, 5.41) is 5.58. The zero-order chi connectivity index (χ0) is 6.69. The Morgan fingerprint density at radius 2 is 2.44 bits per heavy atom. The van der Waals surface area contributed by atoms with Crippen LogP contribution >= 0.6 is 0 Å². The number of ether oxygens (including phenoxy) is 1. The van der Waals surface area contributed by atoms with E-state index >= 15 is 0 Å². The van der Waals surface area contributed by atoms with Gasteiger partial charge in [-0.3, -0.25) is 0 Å². The Balaban J connectivity index is 2.08. The van der Waals surface area contributed by atoms with Crippen LogP contribution in [0.2, 0.25) is 0 Å². The summed E-state index contributed by atoms with van der Waals surface area (Å²) in [5.74, 6) is 0.681. The second-order valence-electron chi connectivity index (χ2n) is 2.39. The highest BCUT2D eigenvalue weighted by Gasteiger charge is 2.18. The molecule has 1 rings (SSSR count). The zero-order valence-corrected chi connectivity index (χ0v) is 5.71. The third-order valence-corrected chi connectivity index (χ3v) is 1.47. The Morgan fingerprint density at radius 1 is 1.78 bits per heavy atom. The molecule has 1 aliphatic rings. The lowest BCUT2D eigenvalue weighted by atomic mass is 10.1. The van der Waals surface area contributed by atoms with E-state index in [0.29, 0.717) is 5.92 Å². The first kappa shape index (κ1) is 6.55. The zero-order valence-electron chi connectivity index (χ0n) is 5.71. The highest BCUT2D eigenvalue weighted by atomic mass is 16.5. The molecule has 0 saturated carbocycles. The number of hydrogen-bond acceptors (Lipinski definition) is 3. The Kier molecular flexibility index (Phi) is 2.05. The maximum Gasteiger partial charge on any atom is 0.0534 e. The van der Waals surface area contributed by atoms with Crippen LogP contribution in [0, 0.1) is 5.92 Å². The summed E-state index contributed by atoms with van der Waals surface area (Å²) in [7, 11) is 1.92. The fourth-order valence-corrected chi connectivity index (χ4v) is 0.821. The summed E-state index contributed by atoms with van der Waals surface area (Å²) in [4.78, 5) is 0. The van der Waals surface area contributed by atoms with Crippen LogP contribution < -0.4 is 0 Å². The second-order valence-corrected chi connectivity index (χ2v) is 2.39. The predicted molar refractivity (Wildman–Crippen MR) is 36.5 cm³/mol. The van der Waals surface area contributed by atoms with Crippen molar-refractivity contribution < 1.29 is 4.74 Å². The summed E-state index contributed by atoms with van der Waals surface area (Å²) < 4.78 is 4.99. The molecule has 1 fully saturated rings. The third-order valence-electron chi connectivity index (χ3n) is 1.47. The predicted octanol–water partition coefficient (Wildman–Crippen LogP) is 0.180. The topological polar surface area (TPSA) is 24.8 Å². The largest absolute Gasteiger partial charge is 0.381 e. The molecule has 0 amide bonds. The molecule has 0 aromatic rings. The van der Waals surface area contributed by atoms with Crippen LogP contribution in [0.5, 0.6) is 0 Å². The van der Waals surface area contributed by atoms with Gasteiger partial charge in [0.1, 0.15) is 0 Å². The molecule has 0 unspecified atom stereocenters. The monoisotopic (exact) mass is 128 g/mol. The van der Waals surface area contributed by atoms with Crippen molar-refractivity contribution in [1.29, 1.82) is 0 Å². The van der Waals surface area contributed by atoms with Crippen LogP contribution in [-0.2, 0) is 4.74 Å². The van der Waals surface area contributed by atoms with Gasteiger partial charge in [-0.15, -0.1) is 0 Å². The minimum atomic E-state index is 0.681. The molecule has 9 heavy (non-hydrogen) atoms. The highest BCUT2D eigenvalue weighted by molar-refractivity contribution is 5.22. The van der Waals surface area contributed by atoms with Gasteiger partial charge in [-0.05, 0) is 0 Å². The first-order valence-corrected chi connectivity index (χ1v) is 3.08. The van der Waals surface area contributed by atoms with Gasteiger partial charge in [-0.2, -0.15) is 5.10 Å². The molecule has 0 spiro atoms. The van der Waals surface area contributed by atoms with E-state index in [0.717, 1.165) is 19.8 Å². The molecule has 1 aliphatic heterocycles. The van der Waals surface area contributed by atoms with Crippen molar-refractivity contribution in [2.24, 2.45) is 11.0 Å². The van der Waals surface area contributed by atoms with E-state index in [2.05, 4.69) is 11.8 Å². The van der Waals surface area contributed by atoms with Crippen molar-refractivity contribution >= 4 is 6.72 Å². The molecule has 0 N–H and O–H groups in total. The maximum atomic E-state index is 4.99. The summed E-state index contributed by atoms with van der Waals surface area (Å²) >= 11 is 0. The number of hydrogen-bond donors (Lipinski definition) is 0. The van der Waals surface area contributed by atoms with Gasteiger partial charge in [-0.1, -0.05) is 0 Å². The van der Waals surface area contributed by atoms with E-state index in [1.807, 2.05) is 12.1 Å². The quantitative estimate of drug-likeness (QED) is 0.400.